The van der Waals surface area contributed by atoms with Gasteiger partial charge in [0.2, 0.25) is 0 Å². The molecule has 20 heavy (non-hydrogen) atoms. The maximum Gasteiger partial charge on any atom is 0.257 e. The zero-order valence-electron chi connectivity index (χ0n) is 10.6. The van der Waals surface area contributed by atoms with Crippen LogP contribution in [0.5, 0.6) is 0 Å². The van der Waals surface area contributed by atoms with E-state index in [1.54, 1.807) is 24.4 Å². The van der Waals surface area contributed by atoms with Crippen molar-refractivity contribution in [2.24, 2.45) is 0 Å². The molecule has 2 N–H and O–H groups in total. The fourth-order valence-corrected chi connectivity index (χ4v) is 2.16. The Hall–Kier alpha value is -2.88. The monoisotopic (exact) mass is 264 g/mol. The predicted molar refractivity (Wildman–Crippen MR) is 78.5 cm³/mol. The van der Waals surface area contributed by atoms with Crippen molar-refractivity contribution in [3.05, 3.63) is 65.9 Å². The smallest absolute Gasteiger partial charge is 0.257 e. The minimum atomic E-state index is -0.151. The van der Waals surface area contributed by atoms with Crippen LogP contribution < -0.4 is 10.6 Å². The van der Waals surface area contributed by atoms with Crippen LogP contribution in [0.15, 0.2) is 54.7 Å². The quantitative estimate of drug-likeness (QED) is 0.662. The second kappa shape index (κ2) is 5.01. The van der Waals surface area contributed by atoms with Crippen LogP contribution in [0.2, 0.25) is 0 Å². The maximum atomic E-state index is 11.9. The van der Waals surface area contributed by atoms with Crippen LogP contribution >= 0.6 is 0 Å². The van der Waals surface area contributed by atoms with Crippen LogP contribution in [0, 0.1) is 0 Å². The lowest BCUT2D eigenvalue weighted by Crippen LogP contribution is -2.05. The molecule has 98 valence electrons. The van der Waals surface area contributed by atoms with Gasteiger partial charge in [-0.3, -0.25) is 9.59 Å². The average molecular weight is 264 g/mol. The van der Waals surface area contributed by atoms with Gasteiger partial charge in [0.25, 0.3) is 5.91 Å². The molecule has 4 heteroatoms. The van der Waals surface area contributed by atoms with Gasteiger partial charge in [-0.25, -0.2) is 0 Å². The van der Waals surface area contributed by atoms with Crippen LogP contribution in [0.4, 0.5) is 11.4 Å². The first-order valence-electron chi connectivity index (χ1n) is 6.21. The predicted octanol–water partition coefficient (Wildman–Crippen LogP) is 2.90. The highest BCUT2D eigenvalue weighted by Gasteiger charge is 2.23. The molecule has 0 bridgehead atoms. The van der Waals surface area contributed by atoms with Gasteiger partial charge in [0.1, 0.15) is 0 Å². The number of rotatable bonds is 3. The Bertz CT molecular complexity index is 720. The van der Waals surface area contributed by atoms with Gasteiger partial charge in [-0.1, -0.05) is 30.3 Å². The third-order valence-electron chi connectivity index (χ3n) is 3.17. The van der Waals surface area contributed by atoms with Crippen LogP contribution in [-0.4, -0.2) is 12.2 Å². The van der Waals surface area contributed by atoms with Gasteiger partial charge < -0.3 is 10.6 Å². The van der Waals surface area contributed by atoms with Crippen molar-refractivity contribution in [3.63, 3.8) is 0 Å². The van der Waals surface area contributed by atoms with Crippen molar-refractivity contribution < 1.29 is 9.59 Å². The summed E-state index contributed by atoms with van der Waals surface area (Å²) in [7, 11) is 0. The van der Waals surface area contributed by atoms with Crippen molar-refractivity contribution in [1.82, 2.24) is 0 Å². The lowest BCUT2D eigenvalue weighted by Gasteiger charge is -2.04. The maximum absolute atomic E-state index is 11.9. The number of nitrogens with one attached hydrogen (secondary N) is 2. The summed E-state index contributed by atoms with van der Waals surface area (Å²) in [6.45, 7) is 0. The molecule has 1 aliphatic rings. The van der Waals surface area contributed by atoms with Crippen molar-refractivity contribution >= 4 is 29.1 Å². The number of amides is 1. The highest BCUT2D eigenvalue weighted by Crippen LogP contribution is 2.31. The van der Waals surface area contributed by atoms with Gasteiger partial charge in [0.05, 0.1) is 5.57 Å². The highest BCUT2D eigenvalue weighted by atomic mass is 16.2. The fraction of sp³-hybridized carbons (Fsp3) is 0. The zero-order chi connectivity index (χ0) is 13.9. The Morgan fingerprint density at radius 1 is 1.00 bits per heavy atom. The van der Waals surface area contributed by atoms with E-state index in [0.717, 1.165) is 17.5 Å². The Balaban J connectivity index is 1.94. The van der Waals surface area contributed by atoms with E-state index in [2.05, 4.69) is 10.6 Å². The Labute approximate surface area is 116 Å². The molecular weight excluding hydrogens is 252 g/mol. The van der Waals surface area contributed by atoms with Gasteiger partial charge >= 0.3 is 0 Å². The molecule has 0 unspecified atom stereocenters. The summed E-state index contributed by atoms with van der Waals surface area (Å²) in [6.07, 6.45) is 2.41. The largest absolute Gasteiger partial charge is 0.360 e. The first-order valence-corrected chi connectivity index (χ1v) is 6.21. The number of carbonyl (C=O) groups excluding carboxylic acids is 2. The van der Waals surface area contributed by atoms with Crippen molar-refractivity contribution in [1.29, 1.82) is 0 Å². The molecule has 0 saturated heterocycles. The highest BCUT2D eigenvalue weighted by molar-refractivity contribution is 6.31. The minimum Gasteiger partial charge on any atom is -0.360 e. The third-order valence-corrected chi connectivity index (χ3v) is 3.17. The molecule has 0 atom stereocenters. The lowest BCUT2D eigenvalue weighted by atomic mass is 10.1. The summed E-state index contributed by atoms with van der Waals surface area (Å²) in [5.41, 5.74) is 3.44. The first-order chi connectivity index (χ1) is 9.79. The number of fused-ring (bicyclic) bond motifs is 1. The molecule has 2 aromatic rings. The molecule has 0 spiro atoms. The summed E-state index contributed by atoms with van der Waals surface area (Å²) in [5.74, 6) is -0.151. The Morgan fingerprint density at radius 2 is 1.75 bits per heavy atom. The van der Waals surface area contributed by atoms with Gasteiger partial charge in [0.15, 0.2) is 6.29 Å². The lowest BCUT2D eigenvalue weighted by molar-refractivity contribution is -0.110. The summed E-state index contributed by atoms with van der Waals surface area (Å²) in [6, 6.07) is 14.6. The molecule has 1 amide bonds. The van der Waals surface area contributed by atoms with E-state index in [4.69, 9.17) is 0 Å². The van der Waals surface area contributed by atoms with E-state index in [1.165, 1.54) is 0 Å². The molecule has 0 saturated carbocycles. The van der Waals surface area contributed by atoms with Gasteiger partial charge in [-0.05, 0) is 18.2 Å². The number of para-hydroxylation sites is 2. The number of benzene rings is 2. The molecule has 2 aromatic carbocycles. The topological polar surface area (TPSA) is 58.2 Å². The molecule has 1 aliphatic heterocycles. The molecule has 0 fully saturated rings. The van der Waals surface area contributed by atoms with E-state index in [-0.39, 0.29) is 5.91 Å². The number of hydrogen-bond acceptors (Lipinski definition) is 3. The normalized spacial score (nSPS) is 14.8. The third kappa shape index (κ3) is 2.07. The molecular formula is C16H12N2O2. The molecule has 4 nitrogen and oxygen atoms in total. The number of aldehydes is 1. The Kier molecular flexibility index (Phi) is 3.05. The first kappa shape index (κ1) is 12.2. The van der Waals surface area contributed by atoms with Crippen molar-refractivity contribution in [2.45, 2.75) is 0 Å². The summed E-state index contributed by atoms with van der Waals surface area (Å²) in [5, 5.41) is 5.82. The number of anilines is 2. The van der Waals surface area contributed by atoms with E-state index >= 15 is 0 Å². The number of hydrogen-bond donors (Lipinski definition) is 2. The summed E-state index contributed by atoms with van der Waals surface area (Å²) in [4.78, 5) is 22.9. The van der Waals surface area contributed by atoms with Gasteiger partial charge in [-0.2, -0.15) is 0 Å². The fourth-order valence-electron chi connectivity index (χ4n) is 2.16. The Morgan fingerprint density at radius 3 is 2.60 bits per heavy atom. The van der Waals surface area contributed by atoms with Crippen molar-refractivity contribution in [3.8, 4) is 0 Å². The van der Waals surface area contributed by atoms with Crippen LogP contribution in [0.3, 0.4) is 0 Å². The zero-order valence-corrected chi connectivity index (χ0v) is 10.6. The molecule has 0 radical (unpaired) electrons. The standard InChI is InChI=1S/C16H12N2O2/c19-10-11-5-1-3-7-14(11)17-9-13-12-6-2-4-8-15(12)18-16(13)20/h1-10,17H,(H,18,20)/b13-9-. The average Bonchev–Trinajstić information content (AvgIpc) is 2.81. The molecule has 3 rings (SSSR count). The minimum absolute atomic E-state index is 0.151. The van der Waals surface area contributed by atoms with E-state index in [9.17, 15) is 9.59 Å². The molecule has 0 aliphatic carbocycles. The molecule has 0 aromatic heterocycles. The second-order valence-corrected chi connectivity index (χ2v) is 4.41. The summed E-state index contributed by atoms with van der Waals surface area (Å²) >= 11 is 0. The van der Waals surface area contributed by atoms with Gasteiger partial charge in [-0.15, -0.1) is 0 Å². The van der Waals surface area contributed by atoms with E-state index < -0.39 is 0 Å². The van der Waals surface area contributed by atoms with E-state index in [1.807, 2.05) is 30.3 Å². The number of carbonyl (C=O) groups is 2. The van der Waals surface area contributed by atoms with Gasteiger partial charge in [0, 0.05) is 28.7 Å². The van der Waals surface area contributed by atoms with Crippen LogP contribution in [0.1, 0.15) is 15.9 Å². The molecule has 1 heterocycles. The van der Waals surface area contributed by atoms with E-state index in [0.29, 0.717) is 16.8 Å². The second-order valence-electron chi connectivity index (χ2n) is 4.41. The summed E-state index contributed by atoms with van der Waals surface area (Å²) < 4.78 is 0. The van der Waals surface area contributed by atoms with Crippen LogP contribution in [0.25, 0.3) is 5.57 Å². The van der Waals surface area contributed by atoms with Crippen molar-refractivity contribution in [2.75, 3.05) is 10.6 Å². The van der Waals surface area contributed by atoms with Crippen LogP contribution in [-0.2, 0) is 4.79 Å². The SMILES string of the molecule is O=Cc1ccccc1N/C=C1\C(=O)Nc2ccccc21.